The maximum absolute atomic E-state index is 4.34. The fourth-order valence-corrected chi connectivity index (χ4v) is 2.47. The SMILES string of the molecule is CCNC1=NC[C@H](CI)S1. The lowest BCUT2D eigenvalue weighted by atomic mass is 10.5. The molecule has 4 heteroatoms. The molecule has 0 unspecified atom stereocenters. The maximum Gasteiger partial charge on any atom is 0.156 e. The van der Waals surface area contributed by atoms with Gasteiger partial charge in [0.1, 0.15) is 0 Å². The summed E-state index contributed by atoms with van der Waals surface area (Å²) in [5.74, 6) is 0. The number of halogens is 1. The number of aliphatic imine (C=N–C) groups is 1. The summed E-state index contributed by atoms with van der Waals surface area (Å²) in [5.41, 5.74) is 0. The van der Waals surface area contributed by atoms with Gasteiger partial charge in [0.2, 0.25) is 0 Å². The van der Waals surface area contributed by atoms with Crippen LogP contribution in [0.1, 0.15) is 6.92 Å². The minimum absolute atomic E-state index is 0.717. The Labute approximate surface area is 79.4 Å². The monoisotopic (exact) mass is 270 g/mol. The van der Waals surface area contributed by atoms with Gasteiger partial charge in [0.15, 0.2) is 5.17 Å². The van der Waals surface area contributed by atoms with Gasteiger partial charge in [0, 0.05) is 16.2 Å². The molecule has 0 radical (unpaired) electrons. The third-order valence-corrected chi connectivity index (χ3v) is 4.02. The normalized spacial score (nSPS) is 24.6. The summed E-state index contributed by atoms with van der Waals surface area (Å²) in [6, 6.07) is 0. The Kier molecular flexibility index (Phi) is 3.83. The van der Waals surface area contributed by atoms with E-state index >= 15 is 0 Å². The Balaban J connectivity index is 2.25. The van der Waals surface area contributed by atoms with Crippen LogP contribution in [0.3, 0.4) is 0 Å². The molecule has 0 aromatic rings. The van der Waals surface area contributed by atoms with Crippen molar-refractivity contribution >= 4 is 39.5 Å². The molecule has 2 nitrogen and oxygen atoms in total. The summed E-state index contributed by atoms with van der Waals surface area (Å²) >= 11 is 4.27. The van der Waals surface area contributed by atoms with Crippen molar-refractivity contribution in [2.45, 2.75) is 12.2 Å². The molecular weight excluding hydrogens is 259 g/mol. The van der Waals surface area contributed by atoms with E-state index in [9.17, 15) is 0 Å². The lowest BCUT2D eigenvalue weighted by Gasteiger charge is -2.02. The van der Waals surface area contributed by atoms with E-state index < -0.39 is 0 Å². The first kappa shape index (κ1) is 8.64. The van der Waals surface area contributed by atoms with E-state index in [1.807, 2.05) is 11.8 Å². The third-order valence-electron chi connectivity index (χ3n) is 1.22. The molecule has 1 heterocycles. The van der Waals surface area contributed by atoms with Crippen LogP contribution in [0, 0.1) is 0 Å². The molecule has 1 N–H and O–H groups in total. The highest BCUT2D eigenvalue weighted by Gasteiger charge is 2.16. The van der Waals surface area contributed by atoms with Crippen molar-refractivity contribution in [1.29, 1.82) is 0 Å². The van der Waals surface area contributed by atoms with Crippen LogP contribution in [-0.4, -0.2) is 27.9 Å². The molecule has 1 aliphatic rings. The molecule has 0 amide bonds. The average molecular weight is 270 g/mol. The van der Waals surface area contributed by atoms with E-state index in [1.54, 1.807) is 0 Å². The summed E-state index contributed by atoms with van der Waals surface area (Å²) < 4.78 is 1.20. The van der Waals surface area contributed by atoms with Gasteiger partial charge in [-0.05, 0) is 6.92 Å². The number of nitrogens with one attached hydrogen (secondary N) is 1. The van der Waals surface area contributed by atoms with Gasteiger partial charge in [-0.15, -0.1) is 0 Å². The zero-order valence-electron chi connectivity index (χ0n) is 5.93. The van der Waals surface area contributed by atoms with Crippen LogP contribution >= 0.6 is 34.4 Å². The predicted molar refractivity (Wildman–Crippen MR) is 56.2 cm³/mol. The molecule has 58 valence electrons. The van der Waals surface area contributed by atoms with Crippen molar-refractivity contribution in [2.75, 3.05) is 17.5 Å². The van der Waals surface area contributed by atoms with E-state index in [-0.39, 0.29) is 0 Å². The Morgan fingerprint density at radius 1 is 1.90 bits per heavy atom. The Hall–Kier alpha value is 0.550. The standard InChI is InChI=1S/C6H11IN2S/c1-2-8-6-9-4-5(3-7)10-6/h5H,2-4H2,1H3,(H,8,9)/t5-/m0/s1. The smallest absolute Gasteiger partial charge is 0.156 e. The zero-order valence-corrected chi connectivity index (χ0v) is 8.91. The number of nitrogens with zero attached hydrogens (tertiary/aromatic N) is 1. The largest absolute Gasteiger partial charge is 0.365 e. The topological polar surface area (TPSA) is 24.4 Å². The molecule has 0 saturated heterocycles. The van der Waals surface area contributed by atoms with Crippen LogP contribution in [0.4, 0.5) is 0 Å². The summed E-state index contributed by atoms with van der Waals surface area (Å²) in [5, 5.41) is 5.06. The quantitative estimate of drug-likeness (QED) is 0.607. The van der Waals surface area contributed by atoms with Crippen molar-refractivity contribution < 1.29 is 0 Å². The summed E-state index contributed by atoms with van der Waals surface area (Å²) in [6.45, 7) is 4.08. The Bertz CT molecular complexity index is 138. The zero-order chi connectivity index (χ0) is 7.40. The maximum atomic E-state index is 4.34. The van der Waals surface area contributed by atoms with Crippen LogP contribution in [-0.2, 0) is 0 Å². The lowest BCUT2D eigenvalue weighted by Crippen LogP contribution is -2.18. The van der Waals surface area contributed by atoms with Crippen molar-refractivity contribution in [3.63, 3.8) is 0 Å². The van der Waals surface area contributed by atoms with Gasteiger partial charge in [-0.25, -0.2) is 0 Å². The van der Waals surface area contributed by atoms with Gasteiger partial charge in [-0.3, -0.25) is 4.99 Å². The molecule has 0 saturated carbocycles. The van der Waals surface area contributed by atoms with Crippen LogP contribution < -0.4 is 5.32 Å². The number of hydrogen-bond donors (Lipinski definition) is 1. The van der Waals surface area contributed by atoms with E-state index in [0.29, 0.717) is 0 Å². The molecule has 1 aliphatic heterocycles. The second kappa shape index (κ2) is 4.43. The van der Waals surface area contributed by atoms with Crippen molar-refractivity contribution in [1.82, 2.24) is 5.32 Å². The summed E-state index contributed by atoms with van der Waals surface area (Å²) in [6.07, 6.45) is 0. The number of alkyl halides is 1. The molecule has 1 rings (SSSR count). The highest BCUT2D eigenvalue weighted by Crippen LogP contribution is 2.20. The van der Waals surface area contributed by atoms with Crippen molar-refractivity contribution in [3.05, 3.63) is 0 Å². The van der Waals surface area contributed by atoms with Gasteiger partial charge < -0.3 is 5.32 Å². The Morgan fingerprint density at radius 2 is 2.70 bits per heavy atom. The predicted octanol–water partition coefficient (Wildman–Crippen LogP) is 1.50. The molecule has 0 aromatic carbocycles. The number of rotatable bonds is 2. The number of amidine groups is 1. The van der Waals surface area contributed by atoms with Crippen LogP contribution in [0.25, 0.3) is 0 Å². The van der Waals surface area contributed by atoms with Crippen molar-refractivity contribution in [2.24, 2.45) is 4.99 Å². The minimum atomic E-state index is 0.717. The number of hydrogen-bond acceptors (Lipinski definition) is 3. The van der Waals surface area contributed by atoms with Crippen LogP contribution in [0.15, 0.2) is 4.99 Å². The fraction of sp³-hybridized carbons (Fsp3) is 0.833. The molecule has 0 fully saturated rings. The molecule has 0 spiro atoms. The lowest BCUT2D eigenvalue weighted by molar-refractivity contribution is 0.955. The molecule has 0 bridgehead atoms. The molecular formula is C6H11IN2S. The molecule has 0 aromatic heterocycles. The summed E-state index contributed by atoms with van der Waals surface area (Å²) in [7, 11) is 0. The first-order valence-electron chi connectivity index (χ1n) is 3.37. The van der Waals surface area contributed by atoms with E-state index in [1.165, 1.54) is 4.43 Å². The van der Waals surface area contributed by atoms with Gasteiger partial charge in [0.05, 0.1) is 6.54 Å². The van der Waals surface area contributed by atoms with Gasteiger partial charge in [-0.1, -0.05) is 34.4 Å². The van der Waals surface area contributed by atoms with Gasteiger partial charge in [0.25, 0.3) is 0 Å². The third kappa shape index (κ3) is 2.30. The second-order valence-corrected chi connectivity index (χ2v) is 4.24. The van der Waals surface area contributed by atoms with E-state index in [4.69, 9.17) is 0 Å². The molecule has 0 aliphatic carbocycles. The Morgan fingerprint density at radius 3 is 3.20 bits per heavy atom. The molecule has 10 heavy (non-hydrogen) atoms. The minimum Gasteiger partial charge on any atom is -0.365 e. The van der Waals surface area contributed by atoms with Gasteiger partial charge >= 0.3 is 0 Å². The first-order chi connectivity index (χ1) is 4.86. The molecule has 1 atom stereocenters. The fourth-order valence-electron chi connectivity index (χ4n) is 0.746. The van der Waals surface area contributed by atoms with Crippen molar-refractivity contribution in [3.8, 4) is 0 Å². The second-order valence-electron chi connectivity index (χ2n) is 2.07. The van der Waals surface area contributed by atoms with Gasteiger partial charge in [-0.2, -0.15) is 0 Å². The van der Waals surface area contributed by atoms with Crippen LogP contribution in [0.5, 0.6) is 0 Å². The number of thioether (sulfide) groups is 1. The highest BCUT2D eigenvalue weighted by atomic mass is 127. The van der Waals surface area contributed by atoms with E-state index in [0.717, 1.165) is 23.5 Å². The van der Waals surface area contributed by atoms with Crippen LogP contribution in [0.2, 0.25) is 0 Å². The summed E-state index contributed by atoms with van der Waals surface area (Å²) in [4.78, 5) is 4.34. The average Bonchev–Trinajstić information content (AvgIpc) is 2.37. The first-order valence-corrected chi connectivity index (χ1v) is 5.78. The van der Waals surface area contributed by atoms with E-state index in [2.05, 4.69) is 39.8 Å². The highest BCUT2D eigenvalue weighted by molar-refractivity contribution is 14.1.